The van der Waals surface area contributed by atoms with E-state index in [1.165, 1.54) is 11.1 Å². The van der Waals surface area contributed by atoms with Crippen LogP contribution >= 0.6 is 0 Å². The van der Waals surface area contributed by atoms with Crippen LogP contribution in [0, 0.1) is 13.8 Å². The van der Waals surface area contributed by atoms with E-state index in [1.54, 1.807) is 6.26 Å². The Hall–Kier alpha value is -2.81. The molecule has 0 unspecified atom stereocenters. The zero-order valence-corrected chi connectivity index (χ0v) is 12.6. The molecule has 0 bridgehead atoms. The molecule has 2 aromatic carbocycles. The molecule has 3 heteroatoms. The Bertz CT molecular complexity index is 949. The number of aryl methyl sites for hydroxylation is 2. The Morgan fingerprint density at radius 1 is 0.955 bits per heavy atom. The number of benzene rings is 2. The molecule has 0 saturated heterocycles. The quantitative estimate of drug-likeness (QED) is 0.525. The van der Waals surface area contributed by atoms with Crippen molar-refractivity contribution < 1.29 is 4.42 Å². The molecule has 0 atom stereocenters. The van der Waals surface area contributed by atoms with Gasteiger partial charge in [-0.2, -0.15) is 0 Å². The van der Waals surface area contributed by atoms with Gasteiger partial charge in [-0.3, -0.25) is 4.57 Å². The average molecular weight is 288 g/mol. The van der Waals surface area contributed by atoms with Crippen LogP contribution in [0.3, 0.4) is 0 Å². The van der Waals surface area contributed by atoms with Crippen LogP contribution in [-0.2, 0) is 0 Å². The highest BCUT2D eigenvalue weighted by Gasteiger charge is 2.17. The summed E-state index contributed by atoms with van der Waals surface area (Å²) in [4.78, 5) is 4.78. The Kier molecular flexibility index (Phi) is 2.86. The van der Waals surface area contributed by atoms with Gasteiger partial charge in [0.2, 0.25) is 0 Å². The number of rotatable bonds is 2. The summed E-state index contributed by atoms with van der Waals surface area (Å²) in [6.07, 6.45) is 1.68. The molecule has 0 aliphatic heterocycles. The van der Waals surface area contributed by atoms with Crippen LogP contribution in [0.1, 0.15) is 11.1 Å². The van der Waals surface area contributed by atoms with Crippen LogP contribution in [0.2, 0.25) is 0 Å². The van der Waals surface area contributed by atoms with Gasteiger partial charge in [-0.1, -0.05) is 24.3 Å². The standard InChI is InChI=1S/C19H16N2O/c1-13-9-10-15-17(12-13)21(16-7-4-3-6-14(16)2)19(20-15)18-8-5-11-22-18/h3-12H,1-2H3. The van der Waals surface area contributed by atoms with Crippen LogP contribution in [0.4, 0.5) is 0 Å². The van der Waals surface area contributed by atoms with Gasteiger partial charge in [0.25, 0.3) is 0 Å². The first kappa shape index (κ1) is 12.9. The Labute approximate surface area is 128 Å². The molecule has 0 N–H and O–H groups in total. The first-order valence-corrected chi connectivity index (χ1v) is 7.33. The van der Waals surface area contributed by atoms with E-state index in [9.17, 15) is 0 Å². The van der Waals surface area contributed by atoms with Gasteiger partial charge in [-0.25, -0.2) is 4.98 Å². The number of aromatic nitrogens is 2. The van der Waals surface area contributed by atoms with Gasteiger partial charge in [-0.05, 0) is 55.3 Å². The lowest BCUT2D eigenvalue weighted by molar-refractivity contribution is 0.576. The van der Waals surface area contributed by atoms with E-state index in [1.807, 2.05) is 12.1 Å². The second-order valence-electron chi connectivity index (χ2n) is 5.53. The molecule has 0 aliphatic rings. The second-order valence-corrected chi connectivity index (χ2v) is 5.53. The minimum Gasteiger partial charge on any atom is -0.461 e. The molecule has 0 saturated carbocycles. The second kappa shape index (κ2) is 4.88. The molecule has 0 aliphatic carbocycles. The van der Waals surface area contributed by atoms with Crippen LogP contribution in [0.15, 0.2) is 65.3 Å². The number of hydrogen-bond acceptors (Lipinski definition) is 2. The van der Waals surface area contributed by atoms with Crippen molar-refractivity contribution in [3.63, 3.8) is 0 Å². The lowest BCUT2D eigenvalue weighted by atomic mass is 10.1. The maximum atomic E-state index is 5.60. The summed E-state index contributed by atoms with van der Waals surface area (Å²) >= 11 is 0. The predicted molar refractivity (Wildman–Crippen MR) is 88.2 cm³/mol. The molecule has 2 aromatic heterocycles. The van der Waals surface area contributed by atoms with Gasteiger partial charge < -0.3 is 4.42 Å². The summed E-state index contributed by atoms with van der Waals surface area (Å²) in [6.45, 7) is 4.21. The van der Waals surface area contributed by atoms with Crippen molar-refractivity contribution in [3.8, 4) is 17.3 Å². The zero-order chi connectivity index (χ0) is 15.1. The molecule has 2 heterocycles. The fraction of sp³-hybridized carbons (Fsp3) is 0.105. The van der Waals surface area contributed by atoms with Crippen LogP contribution in [0.5, 0.6) is 0 Å². The van der Waals surface area contributed by atoms with Crippen molar-refractivity contribution in [2.24, 2.45) is 0 Å². The van der Waals surface area contributed by atoms with Gasteiger partial charge in [0.1, 0.15) is 0 Å². The van der Waals surface area contributed by atoms with Crippen molar-refractivity contribution in [1.29, 1.82) is 0 Å². The zero-order valence-electron chi connectivity index (χ0n) is 12.6. The van der Waals surface area contributed by atoms with Gasteiger partial charge in [0.15, 0.2) is 11.6 Å². The topological polar surface area (TPSA) is 31.0 Å². The molecule has 0 radical (unpaired) electrons. The molecule has 4 rings (SSSR count). The summed E-state index contributed by atoms with van der Waals surface area (Å²) in [7, 11) is 0. The Balaban J connectivity index is 2.12. The van der Waals surface area contributed by atoms with Gasteiger partial charge in [0, 0.05) is 0 Å². The third kappa shape index (κ3) is 1.94. The van der Waals surface area contributed by atoms with Gasteiger partial charge >= 0.3 is 0 Å². The molecule has 0 spiro atoms. The Morgan fingerprint density at radius 3 is 2.59 bits per heavy atom. The van der Waals surface area contributed by atoms with E-state index < -0.39 is 0 Å². The highest BCUT2D eigenvalue weighted by atomic mass is 16.3. The molecular formula is C19H16N2O. The molecule has 22 heavy (non-hydrogen) atoms. The van der Waals surface area contributed by atoms with E-state index in [0.29, 0.717) is 0 Å². The van der Waals surface area contributed by atoms with Gasteiger partial charge in [-0.15, -0.1) is 0 Å². The molecule has 0 fully saturated rings. The third-order valence-corrected chi connectivity index (χ3v) is 3.91. The number of fused-ring (bicyclic) bond motifs is 1. The molecular weight excluding hydrogens is 272 g/mol. The SMILES string of the molecule is Cc1ccc2nc(-c3ccco3)n(-c3ccccc3C)c2c1. The normalized spacial score (nSPS) is 11.2. The fourth-order valence-electron chi connectivity index (χ4n) is 2.81. The lowest BCUT2D eigenvalue weighted by Gasteiger charge is -2.11. The minimum absolute atomic E-state index is 0.775. The third-order valence-electron chi connectivity index (χ3n) is 3.91. The van der Waals surface area contributed by atoms with Crippen molar-refractivity contribution in [1.82, 2.24) is 9.55 Å². The smallest absolute Gasteiger partial charge is 0.181 e. The van der Waals surface area contributed by atoms with Crippen LogP contribution in [-0.4, -0.2) is 9.55 Å². The van der Waals surface area contributed by atoms with Crippen molar-refractivity contribution >= 4 is 11.0 Å². The van der Waals surface area contributed by atoms with Crippen LogP contribution in [0.25, 0.3) is 28.3 Å². The monoisotopic (exact) mass is 288 g/mol. The lowest BCUT2D eigenvalue weighted by Crippen LogP contribution is -1.99. The molecule has 108 valence electrons. The summed E-state index contributed by atoms with van der Waals surface area (Å²) in [5.74, 6) is 1.61. The number of para-hydroxylation sites is 1. The highest BCUT2D eigenvalue weighted by molar-refractivity contribution is 5.83. The first-order valence-electron chi connectivity index (χ1n) is 7.33. The summed E-state index contributed by atoms with van der Waals surface area (Å²) in [5, 5.41) is 0. The molecule has 0 amide bonds. The maximum Gasteiger partial charge on any atom is 0.181 e. The van der Waals surface area contributed by atoms with Crippen molar-refractivity contribution in [3.05, 3.63) is 72.0 Å². The van der Waals surface area contributed by atoms with Crippen molar-refractivity contribution in [2.45, 2.75) is 13.8 Å². The molecule has 3 nitrogen and oxygen atoms in total. The van der Waals surface area contributed by atoms with Crippen LogP contribution < -0.4 is 0 Å². The van der Waals surface area contributed by atoms with E-state index in [2.05, 4.69) is 60.9 Å². The van der Waals surface area contributed by atoms with E-state index in [-0.39, 0.29) is 0 Å². The van der Waals surface area contributed by atoms with E-state index in [4.69, 9.17) is 9.40 Å². The largest absolute Gasteiger partial charge is 0.461 e. The highest BCUT2D eigenvalue weighted by Crippen LogP contribution is 2.30. The average Bonchev–Trinajstić information content (AvgIpc) is 3.14. The van der Waals surface area contributed by atoms with Crippen molar-refractivity contribution in [2.75, 3.05) is 0 Å². The number of nitrogens with zero attached hydrogens (tertiary/aromatic N) is 2. The van der Waals surface area contributed by atoms with E-state index in [0.717, 1.165) is 28.3 Å². The molecule has 4 aromatic rings. The number of hydrogen-bond donors (Lipinski definition) is 0. The van der Waals surface area contributed by atoms with E-state index >= 15 is 0 Å². The summed E-state index contributed by atoms with van der Waals surface area (Å²) in [6, 6.07) is 18.5. The number of imidazole rings is 1. The Morgan fingerprint density at radius 2 is 1.82 bits per heavy atom. The summed E-state index contributed by atoms with van der Waals surface area (Å²) < 4.78 is 7.78. The maximum absolute atomic E-state index is 5.60. The fourth-order valence-corrected chi connectivity index (χ4v) is 2.81. The first-order chi connectivity index (χ1) is 10.7. The van der Waals surface area contributed by atoms with Gasteiger partial charge in [0.05, 0.1) is 23.0 Å². The minimum atomic E-state index is 0.775. The number of furan rings is 1. The summed E-state index contributed by atoms with van der Waals surface area (Å²) in [5.41, 5.74) is 5.62. The predicted octanol–water partition coefficient (Wildman–Crippen LogP) is 4.90.